The molecular weight excluding hydrogens is 376 g/mol. The van der Waals surface area contributed by atoms with Crippen LogP contribution in [-0.2, 0) is 4.79 Å². The van der Waals surface area contributed by atoms with Crippen LogP contribution in [0.1, 0.15) is 53.0 Å². The molecule has 3 rings (SSSR count). The van der Waals surface area contributed by atoms with Crippen molar-refractivity contribution in [3.05, 3.63) is 71.3 Å². The van der Waals surface area contributed by atoms with Crippen molar-refractivity contribution >= 4 is 17.6 Å². The Morgan fingerprint density at radius 1 is 0.933 bits per heavy atom. The highest BCUT2D eigenvalue weighted by molar-refractivity contribution is 5.99. The third kappa shape index (κ3) is 4.96. The number of carbonyl (C=O) groups is 3. The van der Waals surface area contributed by atoms with Crippen LogP contribution < -0.4 is 5.32 Å². The fourth-order valence-corrected chi connectivity index (χ4v) is 3.96. The van der Waals surface area contributed by atoms with Gasteiger partial charge < -0.3 is 10.2 Å². The summed E-state index contributed by atoms with van der Waals surface area (Å²) in [6, 6.07) is 16.1. The largest absolute Gasteiger partial charge is 0.341 e. The number of nitrogens with one attached hydrogen (secondary N) is 1. The Morgan fingerprint density at radius 2 is 1.53 bits per heavy atom. The summed E-state index contributed by atoms with van der Waals surface area (Å²) in [7, 11) is 0. The van der Waals surface area contributed by atoms with Crippen LogP contribution in [0.25, 0.3) is 0 Å². The number of ketones is 1. The molecule has 158 valence electrons. The van der Waals surface area contributed by atoms with Crippen LogP contribution in [0.2, 0.25) is 0 Å². The van der Waals surface area contributed by atoms with E-state index in [1.54, 1.807) is 11.0 Å². The summed E-state index contributed by atoms with van der Waals surface area (Å²) < 4.78 is 0. The van der Waals surface area contributed by atoms with E-state index in [4.69, 9.17) is 0 Å². The Hall–Kier alpha value is -2.95. The number of carbonyl (C=O) groups excluding carboxylic acids is 3. The molecule has 2 aromatic carbocycles. The molecule has 1 N–H and O–H groups in total. The first-order valence-corrected chi connectivity index (χ1v) is 10.6. The van der Waals surface area contributed by atoms with Crippen molar-refractivity contribution in [3.8, 4) is 0 Å². The number of piperidine rings is 1. The molecule has 0 radical (unpaired) electrons. The molecule has 1 aliphatic heterocycles. The first-order chi connectivity index (χ1) is 14.4. The van der Waals surface area contributed by atoms with Gasteiger partial charge in [-0.3, -0.25) is 14.4 Å². The van der Waals surface area contributed by atoms with Crippen LogP contribution in [0, 0.1) is 18.8 Å². The standard InChI is InChI=1S/C25H30N2O3/c1-17(2)22(26-24(29)21-12-8-7-9-18(21)3)25(30)27-15-13-20(14-16-27)23(28)19-10-5-4-6-11-19/h4-12,17,20,22H,13-16H2,1-3H3,(H,26,29). The van der Waals surface area contributed by atoms with Crippen molar-refractivity contribution in [1.82, 2.24) is 10.2 Å². The Balaban J connectivity index is 1.62. The zero-order chi connectivity index (χ0) is 21.7. The molecule has 0 spiro atoms. The first kappa shape index (κ1) is 21.8. The number of nitrogens with zero attached hydrogens (tertiary/aromatic N) is 1. The van der Waals surface area contributed by atoms with Gasteiger partial charge in [0.05, 0.1) is 0 Å². The molecule has 0 saturated carbocycles. The number of rotatable bonds is 6. The molecule has 0 aromatic heterocycles. The van der Waals surface area contributed by atoms with Crippen LogP contribution >= 0.6 is 0 Å². The number of benzene rings is 2. The molecule has 2 amide bonds. The number of hydrogen-bond acceptors (Lipinski definition) is 3. The average Bonchev–Trinajstić information content (AvgIpc) is 2.77. The molecule has 30 heavy (non-hydrogen) atoms. The summed E-state index contributed by atoms with van der Waals surface area (Å²) in [5.74, 6) is -0.243. The van der Waals surface area contributed by atoms with Crippen molar-refractivity contribution < 1.29 is 14.4 Å². The summed E-state index contributed by atoms with van der Waals surface area (Å²) in [6.45, 7) is 6.82. The molecule has 5 heteroatoms. The van der Waals surface area contributed by atoms with Crippen molar-refractivity contribution in [2.45, 2.75) is 39.7 Å². The third-order valence-corrected chi connectivity index (χ3v) is 5.84. The van der Waals surface area contributed by atoms with Crippen LogP contribution in [0.4, 0.5) is 0 Å². The molecule has 1 aliphatic rings. The summed E-state index contributed by atoms with van der Waals surface area (Å²) >= 11 is 0. The van der Waals surface area contributed by atoms with E-state index >= 15 is 0 Å². The van der Waals surface area contributed by atoms with E-state index in [1.807, 2.05) is 69.3 Å². The summed E-state index contributed by atoms with van der Waals surface area (Å²) in [5.41, 5.74) is 2.20. The van der Waals surface area contributed by atoms with Gasteiger partial charge in [0.15, 0.2) is 5.78 Å². The van der Waals surface area contributed by atoms with Gasteiger partial charge in [-0.2, -0.15) is 0 Å². The first-order valence-electron chi connectivity index (χ1n) is 10.6. The predicted octanol–water partition coefficient (Wildman–Crippen LogP) is 3.87. The van der Waals surface area contributed by atoms with Crippen LogP contribution in [0.5, 0.6) is 0 Å². The van der Waals surface area contributed by atoms with Gasteiger partial charge in [0.2, 0.25) is 5.91 Å². The minimum atomic E-state index is -0.585. The highest BCUT2D eigenvalue weighted by Crippen LogP contribution is 2.23. The van der Waals surface area contributed by atoms with Crippen LogP contribution in [-0.4, -0.2) is 41.6 Å². The maximum Gasteiger partial charge on any atom is 0.252 e. The van der Waals surface area contributed by atoms with Crippen molar-refractivity contribution in [3.63, 3.8) is 0 Å². The van der Waals surface area contributed by atoms with Gasteiger partial charge in [0.1, 0.15) is 6.04 Å². The lowest BCUT2D eigenvalue weighted by atomic mass is 9.88. The van der Waals surface area contributed by atoms with Gasteiger partial charge in [0, 0.05) is 30.1 Å². The third-order valence-electron chi connectivity index (χ3n) is 5.84. The van der Waals surface area contributed by atoms with E-state index in [-0.39, 0.29) is 29.4 Å². The number of amides is 2. The summed E-state index contributed by atoms with van der Waals surface area (Å²) in [5, 5.41) is 2.93. The number of aryl methyl sites for hydroxylation is 1. The maximum atomic E-state index is 13.2. The van der Waals surface area contributed by atoms with E-state index in [0.29, 0.717) is 31.5 Å². The molecule has 1 atom stereocenters. The van der Waals surface area contributed by atoms with E-state index < -0.39 is 6.04 Å². The molecule has 5 nitrogen and oxygen atoms in total. The normalized spacial score (nSPS) is 15.7. The van der Waals surface area contributed by atoms with Crippen LogP contribution in [0.15, 0.2) is 54.6 Å². The minimum Gasteiger partial charge on any atom is -0.341 e. The second-order valence-corrected chi connectivity index (χ2v) is 8.34. The summed E-state index contributed by atoms with van der Waals surface area (Å²) in [6.07, 6.45) is 1.30. The fraction of sp³-hybridized carbons (Fsp3) is 0.400. The SMILES string of the molecule is Cc1ccccc1C(=O)NC(C(=O)N1CCC(C(=O)c2ccccc2)CC1)C(C)C. The van der Waals surface area contributed by atoms with Gasteiger partial charge in [0.25, 0.3) is 5.91 Å². The Kier molecular flexibility index (Phi) is 7.03. The molecule has 1 saturated heterocycles. The monoisotopic (exact) mass is 406 g/mol. The second-order valence-electron chi connectivity index (χ2n) is 8.34. The highest BCUT2D eigenvalue weighted by Gasteiger charge is 2.33. The molecule has 0 aliphatic carbocycles. The highest BCUT2D eigenvalue weighted by atomic mass is 16.2. The van der Waals surface area contributed by atoms with Gasteiger partial charge in [-0.1, -0.05) is 62.4 Å². The van der Waals surface area contributed by atoms with Gasteiger partial charge >= 0.3 is 0 Å². The molecular formula is C25H30N2O3. The lowest BCUT2D eigenvalue weighted by Gasteiger charge is -2.35. The topological polar surface area (TPSA) is 66.5 Å². The molecule has 1 heterocycles. The smallest absolute Gasteiger partial charge is 0.252 e. The molecule has 2 aromatic rings. The van der Waals surface area contributed by atoms with E-state index in [9.17, 15) is 14.4 Å². The number of likely N-dealkylation sites (tertiary alicyclic amines) is 1. The number of hydrogen-bond donors (Lipinski definition) is 1. The van der Waals surface area contributed by atoms with Crippen molar-refractivity contribution in [2.75, 3.05) is 13.1 Å². The molecule has 1 fully saturated rings. The number of Topliss-reactive ketones (excluding diaryl/α,β-unsaturated/α-hetero) is 1. The second kappa shape index (κ2) is 9.70. The van der Waals surface area contributed by atoms with E-state index in [0.717, 1.165) is 11.1 Å². The Morgan fingerprint density at radius 3 is 2.13 bits per heavy atom. The van der Waals surface area contributed by atoms with Gasteiger partial charge in [-0.05, 0) is 37.3 Å². The van der Waals surface area contributed by atoms with E-state index in [1.165, 1.54) is 0 Å². The Bertz CT molecular complexity index is 900. The lowest BCUT2D eigenvalue weighted by molar-refractivity contribution is -0.135. The van der Waals surface area contributed by atoms with Gasteiger partial charge in [-0.25, -0.2) is 0 Å². The Labute approximate surface area is 178 Å². The molecule has 0 bridgehead atoms. The van der Waals surface area contributed by atoms with Gasteiger partial charge in [-0.15, -0.1) is 0 Å². The van der Waals surface area contributed by atoms with Crippen LogP contribution in [0.3, 0.4) is 0 Å². The zero-order valence-corrected chi connectivity index (χ0v) is 17.9. The zero-order valence-electron chi connectivity index (χ0n) is 17.9. The van der Waals surface area contributed by atoms with E-state index in [2.05, 4.69) is 5.32 Å². The maximum absolute atomic E-state index is 13.2. The summed E-state index contributed by atoms with van der Waals surface area (Å²) in [4.78, 5) is 40.4. The quantitative estimate of drug-likeness (QED) is 0.741. The lowest BCUT2D eigenvalue weighted by Crippen LogP contribution is -2.53. The molecule has 1 unspecified atom stereocenters. The van der Waals surface area contributed by atoms with Crippen molar-refractivity contribution in [1.29, 1.82) is 0 Å². The fourth-order valence-electron chi connectivity index (χ4n) is 3.96. The predicted molar refractivity (Wildman–Crippen MR) is 117 cm³/mol. The minimum absolute atomic E-state index is 0.0332. The van der Waals surface area contributed by atoms with Crippen molar-refractivity contribution in [2.24, 2.45) is 11.8 Å². The average molecular weight is 407 g/mol.